The summed E-state index contributed by atoms with van der Waals surface area (Å²) in [7, 11) is 1.41. The third kappa shape index (κ3) is 4.43. The van der Waals surface area contributed by atoms with Crippen LogP contribution in [0.4, 0.5) is 4.39 Å². The highest BCUT2D eigenvalue weighted by Crippen LogP contribution is 2.22. The number of benzene rings is 2. The minimum absolute atomic E-state index is 0.172. The lowest BCUT2D eigenvalue weighted by Crippen LogP contribution is -2.42. The van der Waals surface area contributed by atoms with Crippen molar-refractivity contribution in [3.05, 3.63) is 64.4 Å². The topological polar surface area (TPSA) is 67.4 Å². The number of hydrogen-bond donors (Lipinski definition) is 2. The molecule has 0 aliphatic heterocycles. The van der Waals surface area contributed by atoms with Gasteiger partial charge in [0.25, 0.3) is 5.91 Å². The molecule has 0 spiro atoms. The zero-order valence-corrected chi connectivity index (χ0v) is 13.0. The first kappa shape index (κ1) is 16.8. The quantitative estimate of drug-likeness (QED) is 0.843. The molecule has 2 N–H and O–H groups in total. The van der Waals surface area contributed by atoms with E-state index in [-0.39, 0.29) is 17.5 Å². The highest BCUT2D eigenvalue weighted by atomic mass is 35.5. The first-order valence-corrected chi connectivity index (χ1v) is 7.05. The molecule has 2 aromatic rings. The largest absolute Gasteiger partial charge is 0.496 e. The summed E-state index contributed by atoms with van der Waals surface area (Å²) in [6, 6.07) is 10.4. The molecule has 0 saturated heterocycles. The van der Waals surface area contributed by atoms with Gasteiger partial charge in [0.05, 0.1) is 19.1 Å². The number of carbonyl (C=O) groups is 2. The van der Waals surface area contributed by atoms with Crippen molar-refractivity contribution in [2.45, 2.75) is 6.42 Å². The van der Waals surface area contributed by atoms with Crippen LogP contribution in [0.1, 0.15) is 15.9 Å². The molecule has 0 aliphatic carbocycles. The van der Waals surface area contributed by atoms with E-state index >= 15 is 0 Å². The summed E-state index contributed by atoms with van der Waals surface area (Å²) in [5.41, 5.74) is 4.87. The summed E-state index contributed by atoms with van der Waals surface area (Å²) in [5.74, 6) is -1.31. The molecule has 0 unspecified atom stereocenters. The minimum Gasteiger partial charge on any atom is -0.496 e. The maximum atomic E-state index is 13.5. The molecule has 0 heterocycles. The number of halogens is 2. The lowest BCUT2D eigenvalue weighted by molar-refractivity contribution is -0.121. The molecule has 0 aliphatic rings. The molecule has 0 radical (unpaired) electrons. The highest BCUT2D eigenvalue weighted by Gasteiger charge is 2.14. The van der Waals surface area contributed by atoms with Crippen LogP contribution in [0.3, 0.4) is 0 Å². The average Bonchev–Trinajstić information content (AvgIpc) is 2.54. The van der Waals surface area contributed by atoms with Crippen LogP contribution in [-0.2, 0) is 11.2 Å². The SMILES string of the molecule is COc1ccc(Cl)cc1C(=O)NNC(=O)Cc1ccccc1F. The standard InChI is InChI=1S/C16H14ClFN2O3/c1-23-14-7-6-11(17)9-12(14)16(22)20-19-15(21)8-10-4-2-3-5-13(10)18/h2-7,9H,8H2,1H3,(H,19,21)(H,20,22). The monoisotopic (exact) mass is 336 g/mol. The fourth-order valence-electron chi connectivity index (χ4n) is 1.91. The zero-order chi connectivity index (χ0) is 16.8. The Balaban J connectivity index is 1.98. The van der Waals surface area contributed by atoms with Gasteiger partial charge in [0.2, 0.25) is 5.91 Å². The van der Waals surface area contributed by atoms with Crippen molar-refractivity contribution >= 4 is 23.4 Å². The van der Waals surface area contributed by atoms with E-state index in [1.807, 2.05) is 0 Å². The van der Waals surface area contributed by atoms with Gasteiger partial charge in [-0.25, -0.2) is 4.39 Å². The van der Waals surface area contributed by atoms with Crippen LogP contribution >= 0.6 is 11.6 Å². The number of ether oxygens (including phenoxy) is 1. The van der Waals surface area contributed by atoms with Gasteiger partial charge in [-0.15, -0.1) is 0 Å². The Labute approximate surface area is 137 Å². The van der Waals surface area contributed by atoms with E-state index < -0.39 is 17.6 Å². The molecule has 2 rings (SSSR count). The minimum atomic E-state index is -0.591. The summed E-state index contributed by atoms with van der Waals surface area (Å²) in [5, 5.41) is 0.355. The number of amides is 2. The smallest absolute Gasteiger partial charge is 0.273 e. The second kappa shape index (κ2) is 7.60. The molecule has 7 heteroatoms. The highest BCUT2D eigenvalue weighted by molar-refractivity contribution is 6.31. The van der Waals surface area contributed by atoms with Gasteiger partial charge in [0, 0.05) is 5.02 Å². The van der Waals surface area contributed by atoms with Crippen LogP contribution in [0.5, 0.6) is 5.75 Å². The third-order valence-corrected chi connectivity index (χ3v) is 3.27. The Morgan fingerprint density at radius 3 is 2.61 bits per heavy atom. The molecule has 2 amide bonds. The van der Waals surface area contributed by atoms with E-state index in [1.54, 1.807) is 18.2 Å². The number of methoxy groups -OCH3 is 1. The summed E-state index contributed by atoms with van der Waals surface area (Å²) >= 11 is 5.84. The number of hydrazine groups is 1. The molecular weight excluding hydrogens is 323 g/mol. The van der Waals surface area contributed by atoms with Crippen molar-refractivity contribution in [3.8, 4) is 5.75 Å². The van der Waals surface area contributed by atoms with Gasteiger partial charge < -0.3 is 4.74 Å². The van der Waals surface area contributed by atoms with E-state index in [0.717, 1.165) is 0 Å². The van der Waals surface area contributed by atoms with E-state index in [1.165, 1.54) is 31.4 Å². The normalized spacial score (nSPS) is 10.0. The average molecular weight is 337 g/mol. The molecule has 23 heavy (non-hydrogen) atoms. The van der Waals surface area contributed by atoms with Gasteiger partial charge in [-0.05, 0) is 29.8 Å². The van der Waals surface area contributed by atoms with Crippen LogP contribution in [0.2, 0.25) is 5.02 Å². The van der Waals surface area contributed by atoms with Crippen molar-refractivity contribution in [1.82, 2.24) is 10.9 Å². The Kier molecular flexibility index (Phi) is 5.54. The maximum absolute atomic E-state index is 13.5. The van der Waals surface area contributed by atoms with Gasteiger partial charge in [0.1, 0.15) is 11.6 Å². The second-order valence-corrected chi connectivity index (χ2v) is 5.05. The second-order valence-electron chi connectivity index (χ2n) is 4.62. The Morgan fingerprint density at radius 2 is 1.91 bits per heavy atom. The van der Waals surface area contributed by atoms with Crippen molar-refractivity contribution < 1.29 is 18.7 Å². The van der Waals surface area contributed by atoms with Gasteiger partial charge >= 0.3 is 0 Å². The van der Waals surface area contributed by atoms with E-state index in [0.29, 0.717) is 10.8 Å². The summed E-state index contributed by atoms with van der Waals surface area (Å²) in [4.78, 5) is 23.8. The number of nitrogens with one attached hydrogen (secondary N) is 2. The number of hydrogen-bond acceptors (Lipinski definition) is 3. The predicted octanol–water partition coefficient (Wildman–Crippen LogP) is 2.49. The summed E-state index contributed by atoms with van der Waals surface area (Å²) < 4.78 is 18.5. The van der Waals surface area contributed by atoms with Crippen LogP contribution < -0.4 is 15.6 Å². The number of carbonyl (C=O) groups excluding carboxylic acids is 2. The first-order chi connectivity index (χ1) is 11.0. The van der Waals surface area contributed by atoms with E-state index in [9.17, 15) is 14.0 Å². The zero-order valence-electron chi connectivity index (χ0n) is 12.2. The molecule has 2 aromatic carbocycles. The van der Waals surface area contributed by atoms with E-state index in [4.69, 9.17) is 16.3 Å². The molecular formula is C16H14ClFN2O3. The van der Waals surface area contributed by atoms with E-state index in [2.05, 4.69) is 10.9 Å². The first-order valence-electron chi connectivity index (χ1n) is 6.67. The molecule has 0 bridgehead atoms. The molecule has 120 valence electrons. The molecule has 0 fully saturated rings. The van der Waals surface area contributed by atoms with Gasteiger partial charge in [0.15, 0.2) is 0 Å². The van der Waals surface area contributed by atoms with Crippen molar-refractivity contribution in [2.75, 3.05) is 7.11 Å². The van der Waals surface area contributed by atoms with Crippen LogP contribution in [-0.4, -0.2) is 18.9 Å². The summed E-state index contributed by atoms with van der Waals surface area (Å²) in [6.07, 6.45) is -0.195. The maximum Gasteiger partial charge on any atom is 0.273 e. The van der Waals surface area contributed by atoms with Crippen LogP contribution in [0.25, 0.3) is 0 Å². The lowest BCUT2D eigenvalue weighted by atomic mass is 10.1. The van der Waals surface area contributed by atoms with Crippen LogP contribution in [0, 0.1) is 5.82 Å². The van der Waals surface area contributed by atoms with Gasteiger partial charge in [-0.2, -0.15) is 0 Å². The van der Waals surface area contributed by atoms with Crippen molar-refractivity contribution in [2.24, 2.45) is 0 Å². The molecule has 0 saturated carbocycles. The van der Waals surface area contributed by atoms with Gasteiger partial charge in [-0.3, -0.25) is 20.4 Å². The Bertz CT molecular complexity index is 737. The Hall–Kier alpha value is -2.60. The van der Waals surface area contributed by atoms with Gasteiger partial charge in [-0.1, -0.05) is 29.8 Å². The predicted molar refractivity (Wildman–Crippen MR) is 83.7 cm³/mol. The molecule has 0 atom stereocenters. The molecule has 0 aromatic heterocycles. The lowest BCUT2D eigenvalue weighted by Gasteiger charge is -2.11. The summed E-state index contributed by atoms with van der Waals surface area (Å²) in [6.45, 7) is 0. The fraction of sp³-hybridized carbons (Fsp3) is 0.125. The van der Waals surface area contributed by atoms with Crippen molar-refractivity contribution in [1.29, 1.82) is 0 Å². The number of rotatable bonds is 4. The van der Waals surface area contributed by atoms with Crippen molar-refractivity contribution in [3.63, 3.8) is 0 Å². The van der Waals surface area contributed by atoms with Crippen LogP contribution in [0.15, 0.2) is 42.5 Å². The fourth-order valence-corrected chi connectivity index (χ4v) is 2.08. The third-order valence-electron chi connectivity index (χ3n) is 3.03. The Morgan fingerprint density at radius 1 is 1.17 bits per heavy atom. The molecule has 5 nitrogen and oxygen atoms in total.